The van der Waals surface area contributed by atoms with Gasteiger partial charge in [0.1, 0.15) is 0 Å². The molecular formula is C25H23N5O2S. The Labute approximate surface area is 195 Å². The van der Waals surface area contributed by atoms with Gasteiger partial charge in [0.25, 0.3) is 0 Å². The van der Waals surface area contributed by atoms with Gasteiger partial charge in [0.05, 0.1) is 23.5 Å². The third-order valence-electron chi connectivity index (χ3n) is 5.52. The summed E-state index contributed by atoms with van der Waals surface area (Å²) in [5.41, 5.74) is 4.40. The molecule has 0 bridgehead atoms. The second-order valence-corrected chi connectivity index (χ2v) is 8.71. The molecule has 0 atom stereocenters. The highest BCUT2D eigenvalue weighted by Crippen LogP contribution is 2.26. The first-order valence-corrected chi connectivity index (χ1v) is 11.8. The third-order valence-corrected chi connectivity index (χ3v) is 6.43. The second-order valence-electron chi connectivity index (χ2n) is 7.87. The lowest BCUT2D eigenvalue weighted by Crippen LogP contribution is -2.25. The number of aromatic nitrogens is 3. The van der Waals surface area contributed by atoms with Crippen molar-refractivity contribution < 1.29 is 9.59 Å². The highest BCUT2D eigenvalue weighted by Gasteiger charge is 2.24. The molecule has 1 N–H and O–H groups in total. The van der Waals surface area contributed by atoms with Crippen LogP contribution in [0.5, 0.6) is 0 Å². The molecule has 3 heterocycles. The van der Waals surface area contributed by atoms with Gasteiger partial charge in [-0.3, -0.25) is 14.5 Å². The molecular weight excluding hydrogens is 434 g/mol. The maximum Gasteiger partial charge on any atom is 0.228 e. The fourth-order valence-corrected chi connectivity index (χ4v) is 4.73. The SMILES string of the molecule is O=C(Cc1csc(N2CCCC2=O)n1)NCc1cn(-c2ccccc2)nc1-c1ccccc1. The van der Waals surface area contributed by atoms with Gasteiger partial charge in [-0.2, -0.15) is 5.10 Å². The summed E-state index contributed by atoms with van der Waals surface area (Å²) in [4.78, 5) is 30.8. The Kier molecular flexibility index (Phi) is 5.99. The first-order chi connectivity index (χ1) is 16.2. The molecule has 8 heteroatoms. The molecule has 1 aliphatic heterocycles. The molecule has 0 radical (unpaired) electrons. The fraction of sp³-hybridized carbons (Fsp3) is 0.200. The van der Waals surface area contributed by atoms with Crippen molar-refractivity contribution in [3.8, 4) is 16.9 Å². The van der Waals surface area contributed by atoms with Crippen molar-refractivity contribution in [1.29, 1.82) is 0 Å². The van der Waals surface area contributed by atoms with E-state index >= 15 is 0 Å². The van der Waals surface area contributed by atoms with Crippen LogP contribution in [0.1, 0.15) is 24.1 Å². The van der Waals surface area contributed by atoms with Crippen molar-refractivity contribution in [3.05, 3.63) is 83.5 Å². The monoisotopic (exact) mass is 457 g/mol. The number of hydrogen-bond donors (Lipinski definition) is 1. The second kappa shape index (κ2) is 9.38. The molecule has 1 aliphatic rings. The summed E-state index contributed by atoms with van der Waals surface area (Å²) in [6.45, 7) is 1.06. The van der Waals surface area contributed by atoms with Gasteiger partial charge in [-0.25, -0.2) is 9.67 Å². The zero-order valence-electron chi connectivity index (χ0n) is 18.0. The van der Waals surface area contributed by atoms with E-state index in [1.54, 1.807) is 4.90 Å². The van der Waals surface area contributed by atoms with E-state index < -0.39 is 0 Å². The number of amides is 2. The van der Waals surface area contributed by atoms with Crippen LogP contribution in [0.15, 0.2) is 72.2 Å². The lowest BCUT2D eigenvalue weighted by atomic mass is 10.1. The quantitative estimate of drug-likeness (QED) is 0.455. The Bertz CT molecular complexity index is 1270. The predicted molar refractivity (Wildman–Crippen MR) is 128 cm³/mol. The average molecular weight is 458 g/mol. The molecule has 2 aromatic heterocycles. The van der Waals surface area contributed by atoms with Gasteiger partial charge in [0.2, 0.25) is 11.8 Å². The first-order valence-electron chi connectivity index (χ1n) is 10.9. The maximum absolute atomic E-state index is 12.7. The van der Waals surface area contributed by atoms with Crippen LogP contribution < -0.4 is 10.2 Å². The van der Waals surface area contributed by atoms with Crippen LogP contribution in [0.3, 0.4) is 0 Å². The van der Waals surface area contributed by atoms with E-state index in [4.69, 9.17) is 5.10 Å². The summed E-state index contributed by atoms with van der Waals surface area (Å²) in [7, 11) is 0. The van der Waals surface area contributed by atoms with Crippen LogP contribution in [-0.2, 0) is 22.6 Å². The largest absolute Gasteiger partial charge is 0.352 e. The van der Waals surface area contributed by atoms with Gasteiger partial charge in [0, 0.05) is 42.2 Å². The Morgan fingerprint density at radius 1 is 1.06 bits per heavy atom. The van der Waals surface area contributed by atoms with Crippen molar-refractivity contribution in [2.24, 2.45) is 0 Å². The normalized spacial score (nSPS) is 13.5. The lowest BCUT2D eigenvalue weighted by Gasteiger charge is -2.10. The van der Waals surface area contributed by atoms with Crippen molar-refractivity contribution in [2.45, 2.75) is 25.8 Å². The molecule has 0 saturated carbocycles. The highest BCUT2D eigenvalue weighted by molar-refractivity contribution is 7.14. The van der Waals surface area contributed by atoms with Crippen molar-refractivity contribution in [2.75, 3.05) is 11.4 Å². The summed E-state index contributed by atoms with van der Waals surface area (Å²) >= 11 is 1.41. The zero-order chi connectivity index (χ0) is 22.6. The van der Waals surface area contributed by atoms with Gasteiger partial charge in [-0.15, -0.1) is 11.3 Å². The minimum absolute atomic E-state index is 0.101. The van der Waals surface area contributed by atoms with E-state index in [1.165, 1.54) is 11.3 Å². The Balaban J connectivity index is 1.30. The number of thiazole rings is 1. The van der Waals surface area contributed by atoms with Gasteiger partial charge < -0.3 is 5.32 Å². The Morgan fingerprint density at radius 3 is 2.55 bits per heavy atom. The number of benzene rings is 2. The molecule has 1 fully saturated rings. The van der Waals surface area contributed by atoms with Crippen LogP contribution in [0.25, 0.3) is 16.9 Å². The van der Waals surface area contributed by atoms with E-state index in [0.29, 0.717) is 30.3 Å². The molecule has 4 aromatic rings. The van der Waals surface area contributed by atoms with Crippen molar-refractivity contribution in [1.82, 2.24) is 20.1 Å². The number of nitrogens with zero attached hydrogens (tertiary/aromatic N) is 4. The Morgan fingerprint density at radius 2 is 1.82 bits per heavy atom. The predicted octanol–water partition coefficient (Wildman–Crippen LogP) is 3.98. The zero-order valence-corrected chi connectivity index (χ0v) is 18.8. The maximum atomic E-state index is 12.7. The number of nitrogens with one attached hydrogen (secondary N) is 1. The molecule has 7 nitrogen and oxygen atoms in total. The summed E-state index contributed by atoms with van der Waals surface area (Å²) in [5, 5.41) is 10.3. The average Bonchev–Trinajstić information content (AvgIpc) is 3.58. The first kappa shape index (κ1) is 21.1. The highest BCUT2D eigenvalue weighted by atomic mass is 32.1. The fourth-order valence-electron chi connectivity index (χ4n) is 3.86. The molecule has 0 spiro atoms. The minimum atomic E-state index is -0.119. The number of carbonyl (C=O) groups is 2. The van der Waals surface area contributed by atoms with Crippen LogP contribution in [0, 0.1) is 0 Å². The van der Waals surface area contributed by atoms with Crippen LogP contribution in [0.2, 0.25) is 0 Å². The molecule has 166 valence electrons. The summed E-state index contributed by atoms with van der Waals surface area (Å²) in [6.07, 6.45) is 3.55. The van der Waals surface area contributed by atoms with Gasteiger partial charge >= 0.3 is 0 Å². The van der Waals surface area contributed by atoms with Gasteiger partial charge in [0.15, 0.2) is 5.13 Å². The van der Waals surface area contributed by atoms with E-state index in [1.807, 2.05) is 76.9 Å². The number of rotatable bonds is 7. The smallest absolute Gasteiger partial charge is 0.228 e. The molecule has 33 heavy (non-hydrogen) atoms. The van der Waals surface area contributed by atoms with E-state index in [9.17, 15) is 9.59 Å². The molecule has 0 unspecified atom stereocenters. The van der Waals surface area contributed by atoms with Crippen molar-refractivity contribution >= 4 is 28.3 Å². The molecule has 1 saturated heterocycles. The molecule has 0 aliphatic carbocycles. The summed E-state index contributed by atoms with van der Waals surface area (Å²) < 4.78 is 1.84. The molecule has 5 rings (SSSR count). The number of carbonyl (C=O) groups excluding carboxylic acids is 2. The molecule has 2 aromatic carbocycles. The summed E-state index contributed by atoms with van der Waals surface area (Å²) in [5.74, 6) is -0.0182. The Hall–Kier alpha value is -3.78. The minimum Gasteiger partial charge on any atom is -0.352 e. The van der Waals surface area contributed by atoms with Crippen LogP contribution in [-0.4, -0.2) is 33.1 Å². The van der Waals surface area contributed by atoms with Gasteiger partial charge in [-0.05, 0) is 18.6 Å². The van der Waals surface area contributed by atoms with Gasteiger partial charge in [-0.1, -0.05) is 48.5 Å². The number of anilines is 1. The lowest BCUT2D eigenvalue weighted by molar-refractivity contribution is -0.120. The number of para-hydroxylation sites is 1. The van der Waals surface area contributed by atoms with Crippen LogP contribution in [0.4, 0.5) is 5.13 Å². The third kappa shape index (κ3) is 4.70. The van der Waals surface area contributed by atoms with E-state index in [2.05, 4.69) is 10.3 Å². The standard InChI is InChI=1S/C25H23N5O2S/c31-22(14-20-17-33-25(27-20)29-13-7-12-23(29)32)26-15-19-16-30(21-10-5-2-6-11-21)28-24(19)18-8-3-1-4-9-18/h1-6,8-11,16-17H,7,12-15H2,(H,26,31). The van der Waals surface area contributed by atoms with E-state index in [-0.39, 0.29) is 18.2 Å². The topological polar surface area (TPSA) is 80.1 Å². The molecule has 2 amide bonds. The van der Waals surface area contributed by atoms with Crippen molar-refractivity contribution in [3.63, 3.8) is 0 Å². The summed E-state index contributed by atoms with van der Waals surface area (Å²) in [6, 6.07) is 19.8. The number of hydrogen-bond acceptors (Lipinski definition) is 5. The van der Waals surface area contributed by atoms with E-state index in [0.717, 1.165) is 28.9 Å². The van der Waals surface area contributed by atoms with Crippen LogP contribution >= 0.6 is 11.3 Å².